The van der Waals surface area contributed by atoms with Crippen molar-refractivity contribution in [3.63, 3.8) is 0 Å². The molecule has 2 amide bonds. The number of piperazine rings is 1. The van der Waals surface area contributed by atoms with Gasteiger partial charge in [0.05, 0.1) is 0 Å². The van der Waals surface area contributed by atoms with Gasteiger partial charge in [0.2, 0.25) is 5.91 Å². The molecular formula is C20H28N2O3. The minimum absolute atomic E-state index is 0.0687. The molecule has 1 fully saturated rings. The van der Waals surface area contributed by atoms with Crippen LogP contribution < -0.4 is 0 Å². The molecule has 1 unspecified atom stereocenters. The maximum Gasteiger partial charge on any atom is 0.251 e. The van der Waals surface area contributed by atoms with Crippen LogP contribution in [-0.4, -0.2) is 59.0 Å². The number of amides is 2. The molecule has 1 heterocycles. The molecule has 1 aliphatic rings. The molecule has 1 atom stereocenters. The molecule has 0 spiro atoms. The van der Waals surface area contributed by atoms with Gasteiger partial charge in [0, 0.05) is 32.6 Å². The molecule has 0 aromatic heterocycles. The Morgan fingerprint density at radius 1 is 1.04 bits per heavy atom. The van der Waals surface area contributed by atoms with Crippen LogP contribution in [0.15, 0.2) is 30.3 Å². The van der Waals surface area contributed by atoms with E-state index in [0.29, 0.717) is 38.5 Å². The van der Waals surface area contributed by atoms with Crippen LogP contribution in [0.3, 0.4) is 0 Å². The van der Waals surface area contributed by atoms with E-state index in [-0.39, 0.29) is 11.8 Å². The van der Waals surface area contributed by atoms with Crippen molar-refractivity contribution in [2.24, 2.45) is 0 Å². The third-order valence-corrected chi connectivity index (χ3v) is 4.51. The Bertz CT molecular complexity index is 612. The molecule has 25 heavy (non-hydrogen) atoms. The molecule has 2 rings (SSSR count). The van der Waals surface area contributed by atoms with Crippen LogP contribution in [-0.2, 0) is 9.59 Å². The summed E-state index contributed by atoms with van der Waals surface area (Å²) < 4.78 is 0. The summed E-state index contributed by atoms with van der Waals surface area (Å²) >= 11 is 0. The second-order valence-corrected chi connectivity index (χ2v) is 6.81. The van der Waals surface area contributed by atoms with Gasteiger partial charge in [-0.15, -0.1) is 0 Å². The maximum absolute atomic E-state index is 12.3. The molecule has 1 aromatic rings. The lowest BCUT2D eigenvalue weighted by atomic mass is 10.0. The molecule has 5 nitrogen and oxygen atoms in total. The van der Waals surface area contributed by atoms with Crippen molar-refractivity contribution >= 4 is 17.9 Å². The van der Waals surface area contributed by atoms with Crippen molar-refractivity contribution in [1.82, 2.24) is 9.80 Å². The Morgan fingerprint density at radius 3 is 2.12 bits per heavy atom. The Kier molecular flexibility index (Phi) is 6.76. The fourth-order valence-electron chi connectivity index (χ4n) is 2.86. The molecule has 1 N–H and O–H groups in total. The topological polar surface area (TPSA) is 60.9 Å². The number of nitrogens with zero attached hydrogens (tertiary/aromatic N) is 2. The van der Waals surface area contributed by atoms with Crippen LogP contribution in [0, 0.1) is 0 Å². The van der Waals surface area contributed by atoms with Gasteiger partial charge in [-0.25, -0.2) is 0 Å². The third kappa shape index (κ3) is 5.43. The highest BCUT2D eigenvalue weighted by Gasteiger charge is 2.25. The van der Waals surface area contributed by atoms with E-state index in [9.17, 15) is 14.7 Å². The molecule has 1 saturated heterocycles. The number of rotatable bonds is 5. The van der Waals surface area contributed by atoms with Gasteiger partial charge in [0.15, 0.2) is 0 Å². The first-order valence-electron chi connectivity index (χ1n) is 8.89. The van der Waals surface area contributed by atoms with E-state index >= 15 is 0 Å². The fourth-order valence-corrected chi connectivity index (χ4v) is 2.86. The van der Waals surface area contributed by atoms with Crippen molar-refractivity contribution < 1.29 is 14.7 Å². The lowest BCUT2D eigenvalue weighted by Gasteiger charge is -2.35. The van der Waals surface area contributed by atoms with Crippen LogP contribution >= 0.6 is 0 Å². The van der Waals surface area contributed by atoms with E-state index in [0.717, 1.165) is 5.56 Å². The van der Waals surface area contributed by atoms with E-state index in [2.05, 4.69) is 38.1 Å². The summed E-state index contributed by atoms with van der Waals surface area (Å²) in [5.41, 5.74) is 2.39. The Labute approximate surface area is 149 Å². The van der Waals surface area contributed by atoms with Crippen LogP contribution in [0.1, 0.15) is 44.2 Å². The van der Waals surface area contributed by atoms with Gasteiger partial charge in [0.25, 0.3) is 5.91 Å². The molecular weight excluding hydrogens is 316 g/mol. The van der Waals surface area contributed by atoms with Gasteiger partial charge in [0.1, 0.15) is 6.10 Å². The summed E-state index contributed by atoms with van der Waals surface area (Å²) in [6.45, 7) is 7.81. The normalized spacial score (nSPS) is 16.5. The standard InChI is InChI=1S/C20H28N2O3/c1-15(2)18-9-7-17(8-10-18)5-4-6-19(24)21-11-13-22(14-12-21)20(25)16(3)23/h4-5,7-10,15-16,23H,6,11-14H2,1-3H3/b5-4+. The highest BCUT2D eigenvalue weighted by molar-refractivity contribution is 5.81. The first-order chi connectivity index (χ1) is 11.9. The molecule has 0 radical (unpaired) electrons. The first-order valence-corrected chi connectivity index (χ1v) is 8.89. The third-order valence-electron chi connectivity index (χ3n) is 4.51. The summed E-state index contributed by atoms with van der Waals surface area (Å²) in [5, 5.41) is 9.34. The number of benzene rings is 1. The summed E-state index contributed by atoms with van der Waals surface area (Å²) in [6.07, 6.45) is 3.23. The zero-order valence-electron chi connectivity index (χ0n) is 15.3. The average Bonchev–Trinajstić information content (AvgIpc) is 2.61. The molecule has 0 saturated carbocycles. The largest absolute Gasteiger partial charge is 0.384 e. The zero-order chi connectivity index (χ0) is 18.4. The fraction of sp³-hybridized carbons (Fsp3) is 0.500. The molecule has 5 heteroatoms. The molecule has 0 bridgehead atoms. The molecule has 0 aliphatic carbocycles. The van der Waals surface area contributed by atoms with Crippen LogP contribution in [0.5, 0.6) is 0 Å². The van der Waals surface area contributed by atoms with E-state index in [1.54, 1.807) is 9.80 Å². The van der Waals surface area contributed by atoms with Gasteiger partial charge >= 0.3 is 0 Å². The number of carbonyl (C=O) groups excluding carboxylic acids is 2. The van der Waals surface area contributed by atoms with Crippen LogP contribution in [0.25, 0.3) is 6.08 Å². The zero-order valence-corrected chi connectivity index (χ0v) is 15.3. The second kappa shape index (κ2) is 8.81. The number of aliphatic hydroxyl groups is 1. The van der Waals surface area contributed by atoms with Gasteiger partial charge in [-0.3, -0.25) is 9.59 Å². The first kappa shape index (κ1) is 19.2. The van der Waals surface area contributed by atoms with Gasteiger partial charge < -0.3 is 14.9 Å². The Hall–Kier alpha value is -2.14. The van der Waals surface area contributed by atoms with E-state index in [1.165, 1.54) is 12.5 Å². The molecule has 1 aromatic carbocycles. The number of hydrogen-bond donors (Lipinski definition) is 1. The summed E-state index contributed by atoms with van der Waals surface area (Å²) in [4.78, 5) is 27.4. The number of carbonyl (C=O) groups is 2. The number of hydrogen-bond acceptors (Lipinski definition) is 3. The highest BCUT2D eigenvalue weighted by atomic mass is 16.3. The van der Waals surface area contributed by atoms with Crippen LogP contribution in [0.4, 0.5) is 0 Å². The summed E-state index contributed by atoms with van der Waals surface area (Å²) in [6, 6.07) is 8.36. The van der Waals surface area contributed by atoms with E-state index in [4.69, 9.17) is 0 Å². The van der Waals surface area contributed by atoms with Crippen molar-refractivity contribution in [1.29, 1.82) is 0 Å². The smallest absolute Gasteiger partial charge is 0.251 e. The van der Waals surface area contributed by atoms with Crippen molar-refractivity contribution in [2.45, 2.75) is 39.2 Å². The predicted octanol–water partition coefficient (Wildman–Crippen LogP) is 2.26. The predicted molar refractivity (Wildman–Crippen MR) is 99.0 cm³/mol. The average molecular weight is 344 g/mol. The second-order valence-electron chi connectivity index (χ2n) is 6.81. The Balaban J connectivity index is 1.80. The number of aliphatic hydroxyl groups excluding tert-OH is 1. The van der Waals surface area contributed by atoms with Crippen LogP contribution in [0.2, 0.25) is 0 Å². The van der Waals surface area contributed by atoms with Crippen molar-refractivity contribution in [3.05, 3.63) is 41.5 Å². The Morgan fingerprint density at radius 2 is 1.60 bits per heavy atom. The maximum atomic E-state index is 12.3. The quantitative estimate of drug-likeness (QED) is 0.891. The lowest BCUT2D eigenvalue weighted by Crippen LogP contribution is -2.52. The SMILES string of the molecule is CC(O)C(=O)N1CCN(C(=O)C/C=C/c2ccc(C(C)C)cc2)CC1. The summed E-state index contributed by atoms with van der Waals surface area (Å²) in [5.74, 6) is 0.315. The summed E-state index contributed by atoms with van der Waals surface area (Å²) in [7, 11) is 0. The monoisotopic (exact) mass is 344 g/mol. The van der Waals surface area contributed by atoms with E-state index < -0.39 is 6.10 Å². The van der Waals surface area contributed by atoms with Crippen molar-refractivity contribution in [2.75, 3.05) is 26.2 Å². The van der Waals surface area contributed by atoms with Gasteiger partial charge in [-0.1, -0.05) is 50.3 Å². The van der Waals surface area contributed by atoms with Gasteiger partial charge in [-0.2, -0.15) is 0 Å². The van der Waals surface area contributed by atoms with Crippen molar-refractivity contribution in [3.8, 4) is 0 Å². The minimum atomic E-state index is -0.979. The minimum Gasteiger partial charge on any atom is -0.384 e. The highest BCUT2D eigenvalue weighted by Crippen LogP contribution is 2.15. The lowest BCUT2D eigenvalue weighted by molar-refractivity contribution is -0.144. The molecule has 1 aliphatic heterocycles. The van der Waals surface area contributed by atoms with Gasteiger partial charge in [-0.05, 0) is 24.0 Å². The van der Waals surface area contributed by atoms with E-state index in [1.807, 2.05) is 12.2 Å². The molecule has 136 valence electrons.